The van der Waals surface area contributed by atoms with Crippen molar-refractivity contribution in [1.29, 1.82) is 10.5 Å². The van der Waals surface area contributed by atoms with Crippen LogP contribution in [0.2, 0.25) is 0 Å². The lowest BCUT2D eigenvalue weighted by molar-refractivity contribution is -0.330. The van der Waals surface area contributed by atoms with E-state index in [1.54, 1.807) is 6.92 Å². The number of imide groups is 1. The molecule has 0 aromatic carbocycles. The van der Waals surface area contributed by atoms with E-state index in [9.17, 15) is 9.59 Å². The molecule has 242 valence electrons. The van der Waals surface area contributed by atoms with Crippen LogP contribution < -0.4 is 0 Å². The Morgan fingerprint density at radius 3 is 1.74 bits per heavy atom. The van der Waals surface area contributed by atoms with Gasteiger partial charge >= 0.3 is 0 Å². The summed E-state index contributed by atoms with van der Waals surface area (Å²) in [7, 11) is 11.1. The second kappa shape index (κ2) is 16.2. The van der Waals surface area contributed by atoms with Crippen LogP contribution in [-0.2, 0) is 42.1 Å². The van der Waals surface area contributed by atoms with Crippen molar-refractivity contribution in [3.8, 4) is 12.1 Å². The molecular weight excluding hydrogens is 602 g/mol. The number of nitrogens with zero attached hydrogens (tertiary/aromatic N) is 6. The Bertz CT molecular complexity index is 998. The van der Waals surface area contributed by atoms with E-state index in [2.05, 4.69) is 0 Å². The van der Waals surface area contributed by atoms with Crippen LogP contribution in [0.4, 0.5) is 0 Å². The number of carbonyl (C=O) groups excluding carboxylic acids is 2. The van der Waals surface area contributed by atoms with Crippen molar-refractivity contribution in [3.05, 3.63) is 0 Å². The molecule has 17 heteroatoms. The molecule has 2 bridgehead atoms. The van der Waals surface area contributed by atoms with Gasteiger partial charge in [0.05, 0.1) is 68.8 Å². The van der Waals surface area contributed by atoms with Gasteiger partial charge in [-0.3, -0.25) is 23.8 Å². The summed E-state index contributed by atoms with van der Waals surface area (Å²) in [6.45, 7) is 3.08. The number of fused-ring (bicyclic) bond motifs is 8. The number of methoxy groups -OCH3 is 1. The van der Waals surface area contributed by atoms with E-state index in [0.29, 0.717) is 39.1 Å². The van der Waals surface area contributed by atoms with Gasteiger partial charge in [-0.05, 0) is 48.7 Å². The summed E-state index contributed by atoms with van der Waals surface area (Å²) >= 11 is 0. The molecule has 0 saturated carbocycles. The summed E-state index contributed by atoms with van der Waals surface area (Å²) in [5.41, 5.74) is 0. The summed E-state index contributed by atoms with van der Waals surface area (Å²) in [5, 5.41) is 16.9. The van der Waals surface area contributed by atoms with E-state index >= 15 is 0 Å². The molecule has 15 nitrogen and oxygen atoms in total. The largest absolute Gasteiger partial charge is 0.368 e. The topological polar surface area (TPSA) is 159 Å². The molecule has 0 aromatic rings. The summed E-state index contributed by atoms with van der Waals surface area (Å²) < 4.78 is 45.6. The SMILES string of the molecule is CN(C)P(OCCC#N)N(C)C.COC1(C)OC2C3O[C@@H](C4C(=O)N(CCCOP(OCCC#N)N(C)C)C(=O)C34)[C@H]2O1. The normalized spacial score (nSPS) is 31.4. The first-order valence-corrected chi connectivity index (χ1v) is 16.4. The number of rotatable bonds is 15. The first-order chi connectivity index (χ1) is 20.4. The molecule has 4 aliphatic rings. The zero-order valence-electron chi connectivity index (χ0n) is 26.2. The lowest BCUT2D eigenvalue weighted by Gasteiger charge is -2.28. The molecule has 0 N–H and O–H groups in total. The van der Waals surface area contributed by atoms with Gasteiger partial charge < -0.3 is 32.5 Å². The van der Waals surface area contributed by atoms with Crippen LogP contribution in [0.3, 0.4) is 0 Å². The minimum Gasteiger partial charge on any atom is -0.368 e. The van der Waals surface area contributed by atoms with Crippen molar-refractivity contribution in [3.63, 3.8) is 0 Å². The molecular formula is C26H44N6O9P2. The zero-order chi connectivity index (χ0) is 31.9. The second-order valence-electron chi connectivity index (χ2n) is 10.9. The smallest absolute Gasteiger partial charge is 0.280 e. The summed E-state index contributed by atoms with van der Waals surface area (Å²) in [4.78, 5) is 27.3. The number of ether oxygens (including phenoxy) is 4. The standard InChI is InChI=1S/C19H28N3O8P.C7H16N3OP/c1-19(25-4)29-15-13-11-12(14(28-13)16(15)30-19)18(24)22(17(11)23)8-6-10-27-31(21(2)3)26-9-5-7-20;1-9(2)12(10(3)4)11-7-5-6-8/h11-16H,5-6,8-10H2,1-4H3;5,7H2,1-4H3/t11?,12?,13-,14?,15+,16?,19?,31?;/m0./s1. The Kier molecular flexibility index (Phi) is 13.6. The zero-order valence-corrected chi connectivity index (χ0v) is 28.0. The number of hydrogen-bond acceptors (Lipinski definition) is 14. The maximum atomic E-state index is 13.0. The summed E-state index contributed by atoms with van der Waals surface area (Å²) in [6.07, 6.45) is -0.631. The second-order valence-corrected chi connectivity index (χ2v) is 15.0. The number of amides is 2. The fourth-order valence-electron chi connectivity index (χ4n) is 5.43. The molecule has 4 aliphatic heterocycles. The highest BCUT2D eigenvalue weighted by Gasteiger charge is 2.73. The number of carbonyl (C=O) groups is 2. The molecule has 0 spiro atoms. The number of likely N-dealkylation sites (tertiary alicyclic amines) is 1. The van der Waals surface area contributed by atoms with Gasteiger partial charge in [-0.25, -0.2) is 4.67 Å². The van der Waals surface area contributed by atoms with Crippen molar-refractivity contribution in [1.82, 2.24) is 18.9 Å². The Balaban J connectivity index is 0.000000359. The average molecular weight is 647 g/mol. The van der Waals surface area contributed by atoms with Crippen LogP contribution >= 0.6 is 17.0 Å². The third kappa shape index (κ3) is 8.44. The third-order valence-electron chi connectivity index (χ3n) is 7.13. The molecule has 4 saturated heterocycles. The summed E-state index contributed by atoms with van der Waals surface area (Å²) in [6, 6.07) is 4.07. The van der Waals surface area contributed by atoms with E-state index in [4.69, 9.17) is 43.0 Å². The molecule has 6 unspecified atom stereocenters. The maximum absolute atomic E-state index is 13.0. The van der Waals surface area contributed by atoms with Crippen LogP contribution in [0.1, 0.15) is 26.2 Å². The predicted molar refractivity (Wildman–Crippen MR) is 155 cm³/mol. The molecule has 0 aromatic heterocycles. The van der Waals surface area contributed by atoms with E-state index in [1.165, 1.54) is 12.0 Å². The summed E-state index contributed by atoms with van der Waals surface area (Å²) in [5.74, 6) is -2.73. The van der Waals surface area contributed by atoms with Crippen molar-refractivity contribution in [2.75, 3.05) is 75.8 Å². The van der Waals surface area contributed by atoms with Gasteiger partial charge in [0.1, 0.15) is 12.2 Å². The maximum Gasteiger partial charge on any atom is 0.280 e. The van der Waals surface area contributed by atoms with Gasteiger partial charge in [-0.2, -0.15) is 10.5 Å². The molecule has 2 amide bonds. The Morgan fingerprint density at radius 1 is 0.814 bits per heavy atom. The highest BCUT2D eigenvalue weighted by Crippen LogP contribution is 2.54. The Morgan fingerprint density at radius 2 is 1.30 bits per heavy atom. The van der Waals surface area contributed by atoms with Gasteiger partial charge in [0, 0.05) is 20.6 Å². The first-order valence-electron chi connectivity index (χ1n) is 14.1. The fourth-order valence-corrected chi connectivity index (χ4v) is 7.93. The highest BCUT2D eigenvalue weighted by atomic mass is 31.2. The van der Waals surface area contributed by atoms with E-state index in [-0.39, 0.29) is 18.4 Å². The van der Waals surface area contributed by atoms with Gasteiger partial charge in [0.25, 0.3) is 14.5 Å². The Labute approximate surface area is 256 Å². The van der Waals surface area contributed by atoms with Crippen LogP contribution in [0.25, 0.3) is 0 Å². The molecule has 4 rings (SSSR count). The molecule has 4 fully saturated rings. The van der Waals surface area contributed by atoms with Crippen LogP contribution in [-0.4, -0.2) is 137 Å². The van der Waals surface area contributed by atoms with Crippen molar-refractivity contribution < 1.29 is 42.1 Å². The lowest BCUT2D eigenvalue weighted by atomic mass is 9.78. The van der Waals surface area contributed by atoms with Crippen molar-refractivity contribution in [2.24, 2.45) is 11.8 Å². The highest BCUT2D eigenvalue weighted by molar-refractivity contribution is 7.47. The number of nitriles is 2. The van der Waals surface area contributed by atoms with Crippen molar-refractivity contribution >= 4 is 28.8 Å². The minimum absolute atomic E-state index is 0.226. The minimum atomic E-state index is -1.28. The monoisotopic (exact) mass is 646 g/mol. The van der Waals surface area contributed by atoms with E-state index in [0.717, 1.165) is 0 Å². The van der Waals surface area contributed by atoms with Crippen LogP contribution in [0, 0.1) is 34.5 Å². The van der Waals surface area contributed by atoms with Gasteiger partial charge in [-0.1, -0.05) is 0 Å². The van der Waals surface area contributed by atoms with E-state index < -0.39 is 59.2 Å². The predicted octanol–water partition coefficient (Wildman–Crippen LogP) is 1.86. The van der Waals surface area contributed by atoms with Crippen LogP contribution in [0.5, 0.6) is 0 Å². The molecule has 4 heterocycles. The number of hydrogen-bond donors (Lipinski definition) is 0. The van der Waals surface area contributed by atoms with Crippen LogP contribution in [0.15, 0.2) is 0 Å². The van der Waals surface area contributed by atoms with Gasteiger partial charge in [0.15, 0.2) is 8.45 Å². The van der Waals surface area contributed by atoms with Gasteiger partial charge in [0.2, 0.25) is 11.8 Å². The van der Waals surface area contributed by atoms with E-state index in [1.807, 2.05) is 68.4 Å². The fraction of sp³-hybridized carbons (Fsp3) is 0.846. The molecule has 0 aliphatic carbocycles. The molecule has 43 heavy (non-hydrogen) atoms. The average Bonchev–Trinajstić information content (AvgIpc) is 3.67. The third-order valence-corrected chi connectivity index (χ3v) is 10.4. The molecule has 8 atom stereocenters. The van der Waals surface area contributed by atoms with Gasteiger partial charge in [-0.15, -0.1) is 0 Å². The lowest BCUT2D eigenvalue weighted by Crippen LogP contribution is -2.46. The molecule has 0 radical (unpaired) electrons. The van der Waals surface area contributed by atoms with Crippen molar-refractivity contribution in [2.45, 2.75) is 56.6 Å². The first kappa shape index (κ1) is 36.1. The Hall–Kier alpha value is -1.42. The quantitative estimate of drug-likeness (QED) is 0.144.